The number of nitrogens with two attached hydrogens (primary N) is 1. The monoisotopic (exact) mass is 298 g/mol. The van der Waals surface area contributed by atoms with Gasteiger partial charge in [-0.25, -0.2) is 0 Å². The van der Waals surface area contributed by atoms with Gasteiger partial charge in [0.25, 0.3) is 0 Å². The van der Waals surface area contributed by atoms with Gasteiger partial charge < -0.3 is 10.5 Å². The van der Waals surface area contributed by atoms with Gasteiger partial charge >= 0.3 is 0 Å². The van der Waals surface area contributed by atoms with Gasteiger partial charge in [0.1, 0.15) is 0 Å². The van der Waals surface area contributed by atoms with Gasteiger partial charge in [0, 0.05) is 25.7 Å². The third-order valence-electron chi connectivity index (χ3n) is 4.07. The van der Waals surface area contributed by atoms with Crippen molar-refractivity contribution < 1.29 is 4.74 Å². The van der Waals surface area contributed by atoms with E-state index in [1.165, 1.54) is 11.1 Å². The van der Waals surface area contributed by atoms with Crippen molar-refractivity contribution in [1.82, 2.24) is 4.90 Å². The number of hydrogen-bond acceptors (Lipinski definition) is 3. The Labute approximate surface area is 128 Å². The summed E-state index contributed by atoms with van der Waals surface area (Å²) in [4.78, 5) is 2.46. The molecule has 0 saturated carbocycles. The molecule has 1 aliphatic heterocycles. The topological polar surface area (TPSA) is 38.5 Å². The molecule has 0 amide bonds. The predicted octanol–water partition coefficient (Wildman–Crippen LogP) is 2.95. The van der Waals surface area contributed by atoms with E-state index in [-0.39, 0.29) is 18.5 Å². The first-order valence-electron chi connectivity index (χ1n) is 7.27. The van der Waals surface area contributed by atoms with E-state index in [1.807, 2.05) is 0 Å². The first-order valence-corrected chi connectivity index (χ1v) is 7.27. The predicted molar refractivity (Wildman–Crippen MR) is 86.6 cm³/mol. The van der Waals surface area contributed by atoms with Gasteiger partial charge in [-0.05, 0) is 24.0 Å². The fraction of sp³-hybridized carbons (Fsp3) is 0.625. The average molecular weight is 299 g/mol. The molecule has 3 nitrogen and oxygen atoms in total. The highest BCUT2D eigenvalue weighted by atomic mass is 35.5. The summed E-state index contributed by atoms with van der Waals surface area (Å²) in [6, 6.07) is 9.44. The zero-order valence-electron chi connectivity index (χ0n) is 12.7. The first-order chi connectivity index (χ1) is 9.11. The largest absolute Gasteiger partial charge is 0.374 e. The van der Waals surface area contributed by atoms with Gasteiger partial charge in [-0.1, -0.05) is 38.1 Å². The number of nitrogens with zero attached hydrogens (tertiary/aromatic N) is 1. The Morgan fingerprint density at radius 2 is 1.80 bits per heavy atom. The lowest BCUT2D eigenvalue weighted by Crippen LogP contribution is -2.46. The molecule has 1 saturated heterocycles. The van der Waals surface area contributed by atoms with Gasteiger partial charge in [-0.15, -0.1) is 12.4 Å². The Kier molecular flexibility index (Phi) is 6.96. The molecule has 0 spiro atoms. The Hall–Kier alpha value is -0.610. The molecule has 2 unspecified atom stereocenters. The lowest BCUT2D eigenvalue weighted by atomic mass is 9.99. The minimum Gasteiger partial charge on any atom is -0.374 e. The fourth-order valence-electron chi connectivity index (χ4n) is 2.61. The van der Waals surface area contributed by atoms with Crippen LogP contribution in [0.1, 0.15) is 43.9 Å². The van der Waals surface area contributed by atoms with Crippen LogP contribution in [0.4, 0.5) is 0 Å². The van der Waals surface area contributed by atoms with Crippen LogP contribution in [0.2, 0.25) is 0 Å². The van der Waals surface area contributed by atoms with E-state index < -0.39 is 0 Å². The van der Waals surface area contributed by atoms with Gasteiger partial charge in [0.15, 0.2) is 0 Å². The molecular formula is C16H27ClN2O. The van der Waals surface area contributed by atoms with E-state index >= 15 is 0 Å². The van der Waals surface area contributed by atoms with Crippen LogP contribution in [0.25, 0.3) is 0 Å². The number of benzene rings is 1. The van der Waals surface area contributed by atoms with Crippen LogP contribution in [0.3, 0.4) is 0 Å². The molecule has 2 N–H and O–H groups in total. The summed E-state index contributed by atoms with van der Waals surface area (Å²) in [7, 11) is 0. The minimum atomic E-state index is 0. The second-order valence-electron chi connectivity index (χ2n) is 5.72. The molecule has 4 heteroatoms. The summed E-state index contributed by atoms with van der Waals surface area (Å²) in [6.45, 7) is 10.0. The summed E-state index contributed by atoms with van der Waals surface area (Å²) in [5.41, 5.74) is 8.48. The molecule has 1 aromatic rings. The van der Waals surface area contributed by atoms with Crippen molar-refractivity contribution in [1.29, 1.82) is 0 Å². The van der Waals surface area contributed by atoms with Crippen LogP contribution < -0.4 is 5.73 Å². The van der Waals surface area contributed by atoms with Crippen molar-refractivity contribution in [2.75, 3.05) is 26.2 Å². The van der Waals surface area contributed by atoms with E-state index in [0.717, 1.165) is 19.7 Å². The second kappa shape index (κ2) is 7.99. The third-order valence-corrected chi connectivity index (χ3v) is 4.07. The number of rotatable bonds is 4. The molecule has 20 heavy (non-hydrogen) atoms. The Balaban J connectivity index is 0.00000200. The highest BCUT2D eigenvalue weighted by Gasteiger charge is 2.23. The number of halogens is 1. The molecule has 1 aliphatic rings. The summed E-state index contributed by atoms with van der Waals surface area (Å²) < 4.78 is 5.63. The van der Waals surface area contributed by atoms with E-state index in [2.05, 4.69) is 49.9 Å². The van der Waals surface area contributed by atoms with Gasteiger partial charge in [0.2, 0.25) is 0 Å². The highest BCUT2D eigenvalue weighted by molar-refractivity contribution is 5.85. The number of morpholine rings is 1. The van der Waals surface area contributed by atoms with Gasteiger partial charge in [-0.2, -0.15) is 0 Å². The van der Waals surface area contributed by atoms with Crippen LogP contribution in [-0.2, 0) is 4.74 Å². The molecule has 2 atom stereocenters. The molecule has 0 aliphatic carbocycles. The summed E-state index contributed by atoms with van der Waals surface area (Å²) >= 11 is 0. The molecule has 0 bridgehead atoms. The lowest BCUT2D eigenvalue weighted by Gasteiger charge is -2.36. The zero-order chi connectivity index (χ0) is 13.8. The van der Waals surface area contributed by atoms with E-state index in [9.17, 15) is 0 Å². The highest BCUT2D eigenvalue weighted by Crippen LogP contribution is 2.24. The lowest BCUT2D eigenvalue weighted by molar-refractivity contribution is -0.0364. The molecule has 114 valence electrons. The Bertz CT molecular complexity index is 394. The third kappa shape index (κ3) is 4.19. The van der Waals surface area contributed by atoms with Gasteiger partial charge in [0.05, 0.1) is 12.7 Å². The molecule has 1 aromatic carbocycles. The molecule has 1 heterocycles. The van der Waals surface area contributed by atoms with Crippen molar-refractivity contribution in [3.05, 3.63) is 35.4 Å². The standard InChI is InChI=1S/C16H26N2O.ClH/c1-12(2)14-4-6-15(7-5-14)13(3)18-8-9-19-16(10-17)11-18;/h4-7,12-13,16H,8-11,17H2,1-3H3;1H. The number of hydrogen-bond donors (Lipinski definition) is 1. The smallest absolute Gasteiger partial charge is 0.0824 e. The maximum Gasteiger partial charge on any atom is 0.0824 e. The Morgan fingerprint density at radius 3 is 2.35 bits per heavy atom. The Morgan fingerprint density at radius 1 is 1.20 bits per heavy atom. The van der Waals surface area contributed by atoms with Crippen LogP contribution in [-0.4, -0.2) is 37.2 Å². The molecule has 2 rings (SSSR count). The van der Waals surface area contributed by atoms with Crippen LogP contribution in [0.5, 0.6) is 0 Å². The zero-order valence-corrected chi connectivity index (χ0v) is 13.5. The van der Waals surface area contributed by atoms with E-state index in [1.54, 1.807) is 0 Å². The fourth-order valence-corrected chi connectivity index (χ4v) is 2.61. The van der Waals surface area contributed by atoms with Crippen molar-refractivity contribution in [3.8, 4) is 0 Å². The molecule has 0 aromatic heterocycles. The van der Waals surface area contributed by atoms with Crippen LogP contribution in [0, 0.1) is 0 Å². The maximum atomic E-state index is 5.71. The van der Waals surface area contributed by atoms with E-state index in [4.69, 9.17) is 10.5 Å². The van der Waals surface area contributed by atoms with Crippen molar-refractivity contribution in [3.63, 3.8) is 0 Å². The van der Waals surface area contributed by atoms with Crippen molar-refractivity contribution in [2.24, 2.45) is 5.73 Å². The quantitative estimate of drug-likeness (QED) is 0.929. The van der Waals surface area contributed by atoms with Crippen LogP contribution in [0.15, 0.2) is 24.3 Å². The maximum absolute atomic E-state index is 5.71. The molecular weight excluding hydrogens is 272 g/mol. The summed E-state index contributed by atoms with van der Waals surface area (Å²) in [6.07, 6.45) is 0.186. The minimum absolute atomic E-state index is 0. The summed E-state index contributed by atoms with van der Waals surface area (Å²) in [5, 5.41) is 0. The van der Waals surface area contributed by atoms with Crippen molar-refractivity contribution in [2.45, 2.75) is 38.8 Å². The second-order valence-corrected chi connectivity index (χ2v) is 5.72. The van der Waals surface area contributed by atoms with E-state index in [0.29, 0.717) is 18.5 Å². The normalized spacial score (nSPS) is 21.6. The number of ether oxygens (including phenoxy) is 1. The SMILES string of the molecule is CC(C)c1ccc(C(C)N2CCOC(CN)C2)cc1.Cl. The van der Waals surface area contributed by atoms with Gasteiger partial charge in [-0.3, -0.25) is 4.90 Å². The molecule has 1 fully saturated rings. The van der Waals surface area contributed by atoms with Crippen LogP contribution >= 0.6 is 12.4 Å². The molecule has 0 radical (unpaired) electrons. The summed E-state index contributed by atoms with van der Waals surface area (Å²) in [5.74, 6) is 0.592. The van der Waals surface area contributed by atoms with Crippen molar-refractivity contribution >= 4 is 12.4 Å². The first kappa shape index (κ1) is 17.4. The average Bonchev–Trinajstić information content (AvgIpc) is 2.46.